The van der Waals surface area contributed by atoms with Crippen molar-refractivity contribution in [3.8, 4) is 0 Å². The molecule has 0 unspecified atom stereocenters. The molecule has 0 aliphatic rings. The molecule has 0 rings (SSSR count). The van der Waals surface area contributed by atoms with Crippen LogP contribution >= 0.6 is 12.6 Å². The van der Waals surface area contributed by atoms with Crippen molar-refractivity contribution >= 4 is 67.5 Å². The second kappa shape index (κ2) is 12.5. The van der Waals surface area contributed by atoms with E-state index in [4.69, 9.17) is 4.74 Å². The number of hydrogen-bond acceptors (Lipinski definition) is 3. The topological polar surface area (TPSA) is 26.3 Å². The number of esters is 1. The van der Waals surface area contributed by atoms with Crippen molar-refractivity contribution in [3.63, 3.8) is 0 Å². The molecule has 0 heterocycles. The van der Waals surface area contributed by atoms with Crippen molar-refractivity contribution in [2.45, 2.75) is 39.5 Å². The molecule has 0 saturated carbocycles. The summed E-state index contributed by atoms with van der Waals surface area (Å²) in [5.41, 5.74) is 0. The van der Waals surface area contributed by atoms with Crippen LogP contribution in [0.4, 0.5) is 0 Å². The molecule has 0 aromatic rings. The van der Waals surface area contributed by atoms with E-state index in [1.54, 1.807) is 0 Å². The minimum absolute atomic E-state index is 0. The van der Waals surface area contributed by atoms with E-state index in [2.05, 4.69) is 26.5 Å². The van der Waals surface area contributed by atoms with Gasteiger partial charge in [-0.05, 0) is 12.3 Å². The fourth-order valence-electron chi connectivity index (χ4n) is 1.06. The van der Waals surface area contributed by atoms with Gasteiger partial charge in [0.25, 0.3) is 0 Å². The minimum atomic E-state index is -0.216. The van der Waals surface area contributed by atoms with Crippen molar-refractivity contribution in [3.05, 3.63) is 0 Å². The van der Waals surface area contributed by atoms with Gasteiger partial charge in [0.05, 0.1) is 12.4 Å². The van der Waals surface area contributed by atoms with E-state index in [0.717, 1.165) is 18.8 Å². The number of rotatable bonds is 7. The Morgan fingerprint density at radius 2 is 1.93 bits per heavy atom. The van der Waals surface area contributed by atoms with Crippen molar-refractivity contribution in [2.24, 2.45) is 5.92 Å². The Hall–Kier alpha value is 1.39. The van der Waals surface area contributed by atoms with E-state index in [1.807, 2.05) is 0 Å². The third-order valence-corrected chi connectivity index (χ3v) is 2.08. The summed E-state index contributed by atoms with van der Waals surface area (Å²) < 4.78 is 4.88. The number of carbonyl (C=O) groups excluding carboxylic acids is 1. The maximum atomic E-state index is 10.7. The predicted octanol–water partition coefficient (Wildman–Crippen LogP) is 1.76. The molecule has 2 nitrogen and oxygen atoms in total. The van der Waals surface area contributed by atoms with Gasteiger partial charge in [-0.25, -0.2) is 0 Å². The molecule has 0 saturated heterocycles. The third kappa shape index (κ3) is 13.4. The molecule has 4 heteroatoms. The predicted molar refractivity (Wildman–Crippen MR) is 66.7 cm³/mol. The summed E-state index contributed by atoms with van der Waals surface area (Å²) in [5.74, 6) is 0.749. The van der Waals surface area contributed by atoms with Gasteiger partial charge in [-0.3, -0.25) is 4.79 Å². The van der Waals surface area contributed by atoms with Gasteiger partial charge < -0.3 is 4.74 Å². The van der Waals surface area contributed by atoms with Gasteiger partial charge in [0.15, 0.2) is 0 Å². The number of hydrogen-bond donors (Lipinski definition) is 1. The van der Waals surface area contributed by atoms with E-state index in [9.17, 15) is 4.79 Å². The fraction of sp³-hybridized carbons (Fsp3) is 0.900. The number of unbranched alkanes of at least 4 members (excludes halogenated alkanes) is 2. The molecule has 0 bridgehead atoms. The van der Waals surface area contributed by atoms with Crippen molar-refractivity contribution in [1.29, 1.82) is 0 Å². The van der Waals surface area contributed by atoms with Gasteiger partial charge in [-0.15, -0.1) is 0 Å². The van der Waals surface area contributed by atoms with Crippen LogP contribution in [0.3, 0.4) is 0 Å². The summed E-state index contributed by atoms with van der Waals surface area (Å²) in [6.07, 6.45) is 4.63. The second-order valence-corrected chi connectivity index (χ2v) is 3.94. The van der Waals surface area contributed by atoms with Gasteiger partial charge in [0.2, 0.25) is 0 Å². The van der Waals surface area contributed by atoms with Crippen LogP contribution in [0, 0.1) is 5.92 Å². The molecule has 0 aliphatic heterocycles. The number of carbonyl (C=O) groups is 1. The average Bonchev–Trinajstić information content (AvgIpc) is 2.10. The van der Waals surface area contributed by atoms with Gasteiger partial charge in [0.1, 0.15) is 0 Å². The fourth-order valence-corrected chi connectivity index (χ4v) is 1.15. The first kappa shape index (κ1) is 17.8. The summed E-state index contributed by atoms with van der Waals surface area (Å²) in [4.78, 5) is 10.7. The van der Waals surface area contributed by atoms with Crippen molar-refractivity contribution in [1.82, 2.24) is 0 Å². The molecule has 0 spiro atoms. The summed E-state index contributed by atoms with van der Waals surface area (Å²) in [6.45, 7) is 5.00. The second-order valence-electron chi connectivity index (χ2n) is 3.62. The molecule has 14 heavy (non-hydrogen) atoms. The molecule has 0 N–H and O–H groups in total. The molecule has 0 aliphatic carbocycles. The average molecular weight is 344 g/mol. The quantitative estimate of drug-likeness (QED) is 0.330. The molecule has 0 aromatic carbocycles. The first-order valence-corrected chi connectivity index (χ1v) is 5.56. The number of ether oxygens (including phenoxy) is 1. The van der Waals surface area contributed by atoms with Gasteiger partial charge in [0, 0.05) is 0 Å². The van der Waals surface area contributed by atoms with Crippen molar-refractivity contribution in [2.75, 3.05) is 12.4 Å². The summed E-state index contributed by atoms with van der Waals surface area (Å²) in [7, 11) is 0. The normalized spacial score (nSPS) is 9.71. The first-order chi connectivity index (χ1) is 6.16. The monoisotopic (exact) mass is 344 g/mol. The van der Waals surface area contributed by atoms with E-state index in [0.29, 0.717) is 6.61 Å². The standard InChI is InChI=1S/C10H20O2S.Ba.2H/c1-9(2)6-4-3-5-7-12-10(11)8-13;;;/h9,13H,3-8H2,1-2H3;;;. The Kier molecular flexibility index (Phi) is 15.8. The first-order valence-electron chi connectivity index (χ1n) is 4.93. The molecule has 82 valence electrons. The SMILES string of the molecule is CC(C)CCCCCOC(=O)CS.[BaH2]. The Morgan fingerprint density at radius 3 is 2.43 bits per heavy atom. The zero-order valence-electron chi connectivity index (χ0n) is 8.58. The van der Waals surface area contributed by atoms with Crippen molar-refractivity contribution < 1.29 is 9.53 Å². The Balaban J connectivity index is 0. The Bertz CT molecular complexity index is 140. The third-order valence-electron chi connectivity index (χ3n) is 1.82. The van der Waals surface area contributed by atoms with E-state index < -0.39 is 0 Å². The molecule has 0 aromatic heterocycles. The molecule has 0 radical (unpaired) electrons. The van der Waals surface area contributed by atoms with E-state index >= 15 is 0 Å². The van der Waals surface area contributed by atoms with Gasteiger partial charge in [-0.2, -0.15) is 12.6 Å². The van der Waals surface area contributed by atoms with Crippen LogP contribution in [0.5, 0.6) is 0 Å². The van der Waals surface area contributed by atoms with E-state index in [-0.39, 0.29) is 60.6 Å². The van der Waals surface area contributed by atoms with E-state index in [1.165, 1.54) is 12.8 Å². The zero-order chi connectivity index (χ0) is 10.1. The molecule has 0 amide bonds. The van der Waals surface area contributed by atoms with Gasteiger partial charge >= 0.3 is 54.9 Å². The van der Waals surface area contributed by atoms with Crippen LogP contribution in [0.15, 0.2) is 0 Å². The summed E-state index contributed by atoms with van der Waals surface area (Å²) in [5, 5.41) is 0. The molecular formula is C10H22BaO2S. The Labute approximate surface area is 133 Å². The van der Waals surface area contributed by atoms with Crippen LogP contribution in [0.25, 0.3) is 0 Å². The van der Waals surface area contributed by atoms with Crippen LogP contribution in [-0.2, 0) is 9.53 Å². The van der Waals surface area contributed by atoms with Crippen LogP contribution in [0.1, 0.15) is 39.5 Å². The molecular weight excluding hydrogens is 322 g/mol. The van der Waals surface area contributed by atoms with Gasteiger partial charge in [-0.1, -0.05) is 33.1 Å². The number of thiol groups is 1. The van der Waals surface area contributed by atoms with Crippen LogP contribution < -0.4 is 0 Å². The zero-order valence-corrected chi connectivity index (χ0v) is 9.48. The van der Waals surface area contributed by atoms with Crippen LogP contribution in [-0.4, -0.2) is 67.2 Å². The maximum absolute atomic E-state index is 10.7. The van der Waals surface area contributed by atoms with Crippen LogP contribution in [0.2, 0.25) is 0 Å². The summed E-state index contributed by atoms with van der Waals surface area (Å²) in [6, 6.07) is 0. The molecule has 0 fully saturated rings. The Morgan fingerprint density at radius 1 is 1.29 bits per heavy atom. The summed E-state index contributed by atoms with van der Waals surface area (Å²) >= 11 is 3.81. The molecule has 0 atom stereocenters.